The topological polar surface area (TPSA) is 156 Å². The number of carbonyl (C=O) groups is 2. The fourth-order valence-corrected chi connectivity index (χ4v) is 6.74. The number of carbonyl (C=O) groups excluding carboxylic acids is 1. The third-order valence-electron chi connectivity index (χ3n) is 6.15. The van der Waals surface area contributed by atoms with E-state index >= 15 is 0 Å². The first-order valence-corrected chi connectivity index (χ1v) is 14.5. The highest BCUT2D eigenvalue weighted by molar-refractivity contribution is 7.91. The van der Waals surface area contributed by atoms with Crippen LogP contribution in [0.3, 0.4) is 0 Å². The summed E-state index contributed by atoms with van der Waals surface area (Å²) in [6, 6.07) is 14.2. The summed E-state index contributed by atoms with van der Waals surface area (Å²) in [6.07, 6.45) is -3.68. The average Bonchev–Trinajstić information content (AvgIpc) is 3.26. The zero-order chi connectivity index (χ0) is 28.2. The van der Waals surface area contributed by atoms with E-state index in [4.69, 9.17) is 14.6 Å². The summed E-state index contributed by atoms with van der Waals surface area (Å²) < 4.78 is 88.2. The Morgan fingerprint density at radius 2 is 1.53 bits per heavy atom. The van der Waals surface area contributed by atoms with Crippen LogP contribution in [0.1, 0.15) is 19.3 Å². The molecule has 208 valence electrons. The van der Waals surface area contributed by atoms with Crippen molar-refractivity contribution < 1.29 is 49.4 Å². The molecule has 2 aromatic rings. The molecule has 2 aliphatic heterocycles. The van der Waals surface area contributed by atoms with Gasteiger partial charge in [-0.15, -0.1) is 0 Å². The maximum Gasteiger partial charge on any atom is 0.490 e. The molecule has 2 aromatic carbocycles. The van der Waals surface area contributed by atoms with E-state index in [-0.39, 0.29) is 21.8 Å². The molecule has 2 aliphatic rings. The molecule has 1 unspecified atom stereocenters. The summed E-state index contributed by atoms with van der Waals surface area (Å²) in [5, 5.41) is 10.2. The molecule has 2 fully saturated rings. The quantitative estimate of drug-likeness (QED) is 0.485. The van der Waals surface area contributed by atoms with Crippen LogP contribution in [0.5, 0.6) is 11.5 Å². The lowest BCUT2D eigenvalue weighted by molar-refractivity contribution is -0.192. The minimum Gasteiger partial charge on any atom is -0.475 e. The Hall–Kier alpha value is -3.17. The number of para-hydroxylation sites is 1. The summed E-state index contributed by atoms with van der Waals surface area (Å²) in [7, 11) is -7.05. The molecule has 38 heavy (non-hydrogen) atoms. The molecule has 0 saturated carbocycles. The van der Waals surface area contributed by atoms with Gasteiger partial charge in [-0.05, 0) is 61.1 Å². The number of rotatable bonds is 5. The largest absolute Gasteiger partial charge is 0.490 e. The molecule has 1 spiro atoms. The minimum absolute atomic E-state index is 0.0438. The van der Waals surface area contributed by atoms with E-state index in [0.717, 1.165) is 0 Å². The number of sulfone groups is 1. The lowest BCUT2D eigenvalue weighted by atomic mass is 9.80. The molecule has 0 bridgehead atoms. The van der Waals surface area contributed by atoms with Crippen LogP contribution in [0, 0.1) is 5.41 Å². The van der Waals surface area contributed by atoms with E-state index in [1.54, 1.807) is 12.1 Å². The van der Waals surface area contributed by atoms with Gasteiger partial charge >= 0.3 is 12.1 Å². The Kier molecular flexibility index (Phi) is 8.73. The van der Waals surface area contributed by atoms with E-state index in [9.17, 15) is 34.8 Å². The molecular formula is C23H25F3N2O8S2. The Bertz CT molecular complexity index is 1350. The fourth-order valence-electron chi connectivity index (χ4n) is 4.03. The van der Waals surface area contributed by atoms with Gasteiger partial charge in [-0.3, -0.25) is 4.79 Å². The van der Waals surface area contributed by atoms with E-state index in [1.807, 2.05) is 18.2 Å². The molecule has 0 radical (unpaired) electrons. The van der Waals surface area contributed by atoms with Crippen molar-refractivity contribution in [3.8, 4) is 11.5 Å². The number of carboxylic acids is 1. The second kappa shape index (κ2) is 11.3. The first-order chi connectivity index (χ1) is 17.6. The normalized spacial score (nSPS) is 20.1. The number of benzene rings is 2. The van der Waals surface area contributed by atoms with Crippen LogP contribution in [0.15, 0.2) is 59.5 Å². The van der Waals surface area contributed by atoms with Crippen LogP contribution in [-0.4, -0.2) is 64.1 Å². The highest BCUT2D eigenvalue weighted by atomic mass is 32.2. The molecular weight excluding hydrogens is 553 g/mol. The van der Waals surface area contributed by atoms with Gasteiger partial charge in [-0.25, -0.2) is 26.4 Å². The third kappa shape index (κ3) is 7.91. The molecule has 0 aliphatic carbocycles. The minimum atomic E-state index is -5.08. The second-order valence-corrected chi connectivity index (χ2v) is 12.9. The molecule has 1 amide bonds. The van der Waals surface area contributed by atoms with Gasteiger partial charge in [-0.2, -0.15) is 13.2 Å². The van der Waals surface area contributed by atoms with Gasteiger partial charge < -0.3 is 15.2 Å². The summed E-state index contributed by atoms with van der Waals surface area (Å²) in [5.74, 6) is -2.06. The highest BCUT2D eigenvalue weighted by Crippen LogP contribution is 2.40. The van der Waals surface area contributed by atoms with Gasteiger partial charge in [0.15, 0.2) is 0 Å². The Morgan fingerprint density at radius 3 is 2.05 bits per heavy atom. The summed E-state index contributed by atoms with van der Waals surface area (Å²) in [5.41, 5.74) is -0.270. The standard InChI is InChI=1S/C21H24N2O6S2.C2HF3O2/c24-20(19-14-21(15-22-19)10-12-30(25,26)13-11-21)23-31(27,28)18-8-6-17(7-9-18)29-16-4-2-1-3-5-16;3-2(4,5)1(6)7/h1-9,19,22H,10-15H2,(H,23,24);(H,6,7). The second-order valence-electron chi connectivity index (χ2n) is 8.95. The maximum atomic E-state index is 12.6. The van der Waals surface area contributed by atoms with Crippen LogP contribution in [0.4, 0.5) is 13.2 Å². The van der Waals surface area contributed by atoms with Gasteiger partial charge in [0.2, 0.25) is 0 Å². The first kappa shape index (κ1) is 29.4. The van der Waals surface area contributed by atoms with Crippen molar-refractivity contribution in [2.45, 2.75) is 36.4 Å². The SMILES string of the molecule is O=C(NS(=O)(=O)c1ccc(Oc2ccccc2)cc1)C1CC2(CCS(=O)(=O)CC2)CN1.O=C(O)C(F)(F)F. The Labute approximate surface area is 217 Å². The number of ether oxygens (including phenoxy) is 1. The van der Waals surface area contributed by atoms with Crippen molar-refractivity contribution in [3.63, 3.8) is 0 Å². The summed E-state index contributed by atoms with van der Waals surface area (Å²) in [4.78, 5) is 21.5. The summed E-state index contributed by atoms with van der Waals surface area (Å²) in [6.45, 7) is 0.506. The van der Waals surface area contributed by atoms with Gasteiger partial charge in [0.05, 0.1) is 22.4 Å². The van der Waals surface area contributed by atoms with Crippen molar-refractivity contribution in [2.24, 2.45) is 5.41 Å². The van der Waals surface area contributed by atoms with Gasteiger partial charge in [-0.1, -0.05) is 18.2 Å². The molecule has 15 heteroatoms. The van der Waals surface area contributed by atoms with Crippen LogP contribution in [0.2, 0.25) is 0 Å². The molecule has 3 N–H and O–H groups in total. The molecule has 2 heterocycles. The van der Waals surface area contributed by atoms with Crippen LogP contribution < -0.4 is 14.8 Å². The van der Waals surface area contributed by atoms with Crippen LogP contribution >= 0.6 is 0 Å². The van der Waals surface area contributed by atoms with E-state index < -0.39 is 44.0 Å². The van der Waals surface area contributed by atoms with Gasteiger partial charge in [0, 0.05) is 6.54 Å². The van der Waals surface area contributed by atoms with Crippen molar-refractivity contribution in [1.29, 1.82) is 0 Å². The smallest absolute Gasteiger partial charge is 0.475 e. The van der Waals surface area contributed by atoms with Crippen molar-refractivity contribution >= 4 is 31.7 Å². The molecule has 4 rings (SSSR count). The van der Waals surface area contributed by atoms with Gasteiger partial charge in [0.25, 0.3) is 15.9 Å². The van der Waals surface area contributed by atoms with Gasteiger partial charge in [0.1, 0.15) is 21.3 Å². The molecule has 2 saturated heterocycles. The number of carboxylic acid groups (broad SMARTS) is 1. The highest BCUT2D eigenvalue weighted by Gasteiger charge is 2.45. The monoisotopic (exact) mass is 578 g/mol. The predicted molar refractivity (Wildman–Crippen MR) is 129 cm³/mol. The predicted octanol–water partition coefficient (Wildman–Crippen LogP) is 2.47. The van der Waals surface area contributed by atoms with E-state index in [2.05, 4.69) is 10.0 Å². The third-order valence-corrected chi connectivity index (χ3v) is 9.17. The molecule has 10 nitrogen and oxygen atoms in total. The lowest BCUT2D eigenvalue weighted by Crippen LogP contribution is -2.43. The number of amides is 1. The number of halogens is 3. The fraction of sp³-hybridized carbons (Fsp3) is 0.391. The Balaban J connectivity index is 0.000000505. The van der Waals surface area contributed by atoms with Crippen molar-refractivity contribution in [3.05, 3.63) is 54.6 Å². The van der Waals surface area contributed by atoms with Crippen LogP contribution in [-0.2, 0) is 29.4 Å². The number of alkyl halides is 3. The summed E-state index contributed by atoms with van der Waals surface area (Å²) >= 11 is 0. The number of nitrogens with one attached hydrogen (secondary N) is 2. The lowest BCUT2D eigenvalue weighted by Gasteiger charge is -2.32. The zero-order valence-corrected chi connectivity index (χ0v) is 21.4. The number of aliphatic carboxylic acids is 1. The first-order valence-electron chi connectivity index (χ1n) is 11.2. The van der Waals surface area contributed by atoms with E-state index in [0.29, 0.717) is 37.3 Å². The number of sulfonamides is 1. The van der Waals surface area contributed by atoms with Crippen molar-refractivity contribution in [1.82, 2.24) is 10.0 Å². The average molecular weight is 579 g/mol. The molecule has 1 atom stereocenters. The molecule has 0 aromatic heterocycles. The number of hydrogen-bond donors (Lipinski definition) is 3. The Morgan fingerprint density at radius 1 is 1.00 bits per heavy atom. The number of hydrogen-bond acceptors (Lipinski definition) is 8. The zero-order valence-electron chi connectivity index (χ0n) is 19.8. The van der Waals surface area contributed by atoms with Crippen molar-refractivity contribution in [2.75, 3.05) is 18.1 Å². The maximum absolute atomic E-state index is 12.6. The van der Waals surface area contributed by atoms with E-state index in [1.165, 1.54) is 24.3 Å². The van der Waals surface area contributed by atoms with Crippen LogP contribution in [0.25, 0.3) is 0 Å².